The van der Waals surface area contributed by atoms with Crippen LogP contribution in [0.4, 0.5) is 13.2 Å². The van der Waals surface area contributed by atoms with Gasteiger partial charge in [0.15, 0.2) is 5.82 Å². The van der Waals surface area contributed by atoms with Crippen LogP contribution >= 0.6 is 0 Å². The first kappa shape index (κ1) is 15.9. The molecule has 1 aromatic heterocycles. The maximum absolute atomic E-state index is 13.3. The molecule has 2 aromatic rings. The zero-order valence-electron chi connectivity index (χ0n) is 12.0. The maximum Gasteiger partial charge on any atom is 0.251 e. The topological polar surface area (TPSA) is 22.1 Å². The summed E-state index contributed by atoms with van der Waals surface area (Å²) < 4.78 is 44.5. The summed E-state index contributed by atoms with van der Waals surface area (Å²) in [6, 6.07) is 7.60. The van der Waals surface area contributed by atoms with Gasteiger partial charge in [-0.1, -0.05) is 25.2 Å². The summed E-state index contributed by atoms with van der Waals surface area (Å²) in [5.74, 6) is 1.98. The predicted octanol–water partition coefficient (Wildman–Crippen LogP) is 4.08. The minimum absolute atomic E-state index is 0.290. The summed E-state index contributed by atoms with van der Waals surface area (Å²) in [5.41, 5.74) is 0.314. The first-order chi connectivity index (χ1) is 10.6. The minimum Gasteiger partial charge on any atom is -0.494 e. The first-order valence-corrected chi connectivity index (χ1v) is 6.86. The van der Waals surface area contributed by atoms with E-state index in [-0.39, 0.29) is 5.56 Å². The van der Waals surface area contributed by atoms with Crippen LogP contribution in [0.15, 0.2) is 30.3 Å². The van der Waals surface area contributed by atoms with Gasteiger partial charge in [0, 0.05) is 5.56 Å². The molecule has 1 heterocycles. The van der Waals surface area contributed by atoms with E-state index in [1.54, 1.807) is 24.3 Å². The molecule has 0 atom stereocenters. The highest BCUT2D eigenvalue weighted by Gasteiger charge is 2.09. The SMILES string of the molecule is CCCCOc1ccc(C#Cc2cc(F)c(F)nc2F)cc1. The fourth-order valence-electron chi connectivity index (χ4n) is 1.64. The number of hydrogen-bond donors (Lipinski definition) is 0. The van der Waals surface area contributed by atoms with E-state index in [1.165, 1.54) is 0 Å². The molecule has 0 radical (unpaired) electrons. The molecule has 0 bridgehead atoms. The van der Waals surface area contributed by atoms with Gasteiger partial charge in [-0.25, -0.2) is 4.39 Å². The van der Waals surface area contributed by atoms with Crippen LogP contribution in [0.3, 0.4) is 0 Å². The third-order valence-electron chi connectivity index (χ3n) is 2.85. The van der Waals surface area contributed by atoms with E-state index < -0.39 is 17.7 Å². The van der Waals surface area contributed by atoms with Crippen LogP contribution in [0.5, 0.6) is 5.75 Å². The Hall–Kier alpha value is -2.48. The second-order valence-electron chi connectivity index (χ2n) is 4.58. The molecule has 0 amide bonds. The van der Waals surface area contributed by atoms with Crippen LogP contribution in [-0.2, 0) is 0 Å². The standard InChI is InChI=1S/C17H14F3NO/c1-2-3-10-22-14-8-5-12(6-9-14)4-7-13-11-15(18)17(20)21-16(13)19/h5-6,8-9,11H,2-3,10H2,1H3. The molecule has 2 nitrogen and oxygen atoms in total. The summed E-state index contributed by atoms with van der Waals surface area (Å²) in [7, 11) is 0. The lowest BCUT2D eigenvalue weighted by Crippen LogP contribution is -1.97. The monoisotopic (exact) mass is 305 g/mol. The number of halogens is 3. The maximum atomic E-state index is 13.3. The number of rotatable bonds is 4. The molecule has 22 heavy (non-hydrogen) atoms. The summed E-state index contributed by atoms with van der Waals surface area (Å²) in [4.78, 5) is 2.81. The smallest absolute Gasteiger partial charge is 0.251 e. The average molecular weight is 305 g/mol. The van der Waals surface area contributed by atoms with Crippen LogP contribution in [0.25, 0.3) is 0 Å². The van der Waals surface area contributed by atoms with E-state index >= 15 is 0 Å². The van der Waals surface area contributed by atoms with E-state index in [4.69, 9.17) is 4.74 Å². The highest BCUT2D eigenvalue weighted by atomic mass is 19.2. The van der Waals surface area contributed by atoms with Crippen molar-refractivity contribution in [3.8, 4) is 17.6 Å². The number of unbranched alkanes of at least 4 members (excludes halogenated alkanes) is 1. The predicted molar refractivity (Wildman–Crippen MR) is 76.9 cm³/mol. The third-order valence-corrected chi connectivity index (χ3v) is 2.85. The molecule has 0 aliphatic rings. The van der Waals surface area contributed by atoms with Gasteiger partial charge in [0.2, 0.25) is 5.95 Å². The van der Waals surface area contributed by atoms with Crippen molar-refractivity contribution in [1.82, 2.24) is 4.98 Å². The zero-order valence-corrected chi connectivity index (χ0v) is 12.0. The van der Waals surface area contributed by atoms with Gasteiger partial charge in [-0.15, -0.1) is 0 Å². The van der Waals surface area contributed by atoms with E-state index in [0.29, 0.717) is 18.2 Å². The normalized spacial score (nSPS) is 10.0. The van der Waals surface area contributed by atoms with Crippen LogP contribution in [0, 0.1) is 29.6 Å². The average Bonchev–Trinajstić information content (AvgIpc) is 2.51. The molecule has 0 N–H and O–H groups in total. The molecular weight excluding hydrogens is 291 g/mol. The van der Waals surface area contributed by atoms with Crippen LogP contribution in [-0.4, -0.2) is 11.6 Å². The third kappa shape index (κ3) is 4.26. The fourth-order valence-corrected chi connectivity index (χ4v) is 1.64. The fraction of sp³-hybridized carbons (Fsp3) is 0.235. The highest BCUT2D eigenvalue weighted by Crippen LogP contribution is 2.13. The lowest BCUT2D eigenvalue weighted by Gasteiger charge is -2.04. The van der Waals surface area contributed by atoms with Crippen LogP contribution < -0.4 is 4.74 Å². The van der Waals surface area contributed by atoms with E-state index in [0.717, 1.165) is 18.6 Å². The van der Waals surface area contributed by atoms with Crippen molar-refractivity contribution in [3.63, 3.8) is 0 Å². The van der Waals surface area contributed by atoms with Gasteiger partial charge in [-0.2, -0.15) is 13.8 Å². The van der Waals surface area contributed by atoms with Gasteiger partial charge in [0.1, 0.15) is 5.75 Å². The molecule has 0 unspecified atom stereocenters. The summed E-state index contributed by atoms with van der Waals surface area (Å²) in [6.45, 7) is 2.72. The second kappa shape index (κ2) is 7.51. The Balaban J connectivity index is 2.10. The Kier molecular flexibility index (Phi) is 5.42. The van der Waals surface area contributed by atoms with Gasteiger partial charge in [0.25, 0.3) is 5.95 Å². The van der Waals surface area contributed by atoms with Crippen molar-refractivity contribution in [2.75, 3.05) is 6.61 Å². The van der Waals surface area contributed by atoms with Crippen molar-refractivity contribution in [1.29, 1.82) is 0 Å². The molecule has 114 valence electrons. The van der Waals surface area contributed by atoms with E-state index in [9.17, 15) is 13.2 Å². The highest BCUT2D eigenvalue weighted by molar-refractivity contribution is 5.44. The molecule has 0 fully saturated rings. The molecule has 5 heteroatoms. The Labute approximate surface area is 127 Å². The van der Waals surface area contributed by atoms with Gasteiger partial charge in [0.05, 0.1) is 12.2 Å². The Morgan fingerprint density at radius 3 is 2.45 bits per heavy atom. The number of nitrogens with zero attached hydrogens (tertiary/aromatic N) is 1. The van der Waals surface area contributed by atoms with E-state index in [1.807, 2.05) is 0 Å². The van der Waals surface area contributed by atoms with Gasteiger partial charge < -0.3 is 4.74 Å². The Morgan fingerprint density at radius 2 is 1.77 bits per heavy atom. The summed E-state index contributed by atoms with van der Waals surface area (Å²) in [5, 5.41) is 0. The molecule has 2 rings (SSSR count). The molecule has 0 aliphatic heterocycles. The number of benzene rings is 1. The summed E-state index contributed by atoms with van der Waals surface area (Å²) >= 11 is 0. The molecule has 1 aromatic carbocycles. The molecule has 0 saturated carbocycles. The molecule has 0 spiro atoms. The number of hydrogen-bond acceptors (Lipinski definition) is 2. The van der Waals surface area contributed by atoms with Crippen LogP contribution in [0.1, 0.15) is 30.9 Å². The number of pyridine rings is 1. The van der Waals surface area contributed by atoms with Gasteiger partial charge in [-0.3, -0.25) is 0 Å². The Morgan fingerprint density at radius 1 is 1.05 bits per heavy atom. The van der Waals surface area contributed by atoms with Crippen molar-refractivity contribution in [2.24, 2.45) is 0 Å². The lowest BCUT2D eigenvalue weighted by molar-refractivity contribution is 0.309. The largest absolute Gasteiger partial charge is 0.494 e. The quantitative estimate of drug-likeness (QED) is 0.482. The van der Waals surface area contributed by atoms with Crippen LogP contribution in [0.2, 0.25) is 0 Å². The zero-order chi connectivity index (χ0) is 15.9. The first-order valence-electron chi connectivity index (χ1n) is 6.86. The van der Waals surface area contributed by atoms with Crippen molar-refractivity contribution in [3.05, 3.63) is 59.2 Å². The summed E-state index contributed by atoms with van der Waals surface area (Å²) in [6.07, 6.45) is 2.03. The lowest BCUT2D eigenvalue weighted by atomic mass is 10.2. The molecule has 0 aliphatic carbocycles. The van der Waals surface area contributed by atoms with Gasteiger partial charge >= 0.3 is 0 Å². The number of ether oxygens (including phenoxy) is 1. The second-order valence-corrected chi connectivity index (χ2v) is 4.58. The minimum atomic E-state index is -1.48. The Bertz CT molecular complexity index is 702. The van der Waals surface area contributed by atoms with Gasteiger partial charge in [-0.05, 0) is 36.8 Å². The molecule has 0 saturated heterocycles. The number of aromatic nitrogens is 1. The molecular formula is C17H14F3NO. The van der Waals surface area contributed by atoms with E-state index in [2.05, 4.69) is 23.7 Å². The van der Waals surface area contributed by atoms with Crippen molar-refractivity contribution >= 4 is 0 Å². The van der Waals surface area contributed by atoms with Crippen molar-refractivity contribution < 1.29 is 17.9 Å². The van der Waals surface area contributed by atoms with Crippen molar-refractivity contribution in [2.45, 2.75) is 19.8 Å².